The number of halogens is 2. The largest absolute Gasteiger partial charge is 0.383 e. The third-order valence-electron chi connectivity index (χ3n) is 3.92. The van der Waals surface area contributed by atoms with Crippen molar-refractivity contribution in [3.8, 4) is 0 Å². The van der Waals surface area contributed by atoms with Gasteiger partial charge in [0.1, 0.15) is 11.4 Å². The molecule has 3 rings (SSSR count). The Bertz CT molecular complexity index is 525. The molecule has 0 aliphatic heterocycles. The maximum atomic E-state index is 13.8. The Hall–Kier alpha value is -1.63. The van der Waals surface area contributed by atoms with E-state index in [0.29, 0.717) is 18.2 Å². The number of hydrogen-bond acceptors (Lipinski definition) is 4. The lowest BCUT2D eigenvalue weighted by Crippen LogP contribution is -2.59. The molecule has 2 aliphatic carbocycles. The molecule has 0 atom stereocenters. The van der Waals surface area contributed by atoms with E-state index in [1.165, 1.54) is 12.4 Å². The number of nitrogens with zero attached hydrogens (tertiary/aromatic N) is 2. The van der Waals surface area contributed by atoms with Gasteiger partial charge in [0.25, 0.3) is 5.91 Å². The van der Waals surface area contributed by atoms with Gasteiger partial charge in [-0.25, -0.2) is 9.97 Å². The van der Waals surface area contributed by atoms with E-state index in [0.717, 1.165) is 12.8 Å². The molecule has 0 radical (unpaired) electrons. The summed E-state index contributed by atoms with van der Waals surface area (Å²) in [6.07, 6.45) is 5.08. The van der Waals surface area contributed by atoms with Gasteiger partial charge in [0.2, 0.25) is 0 Å². The molecule has 0 unspecified atom stereocenters. The molecule has 2 saturated carbocycles. The Kier molecular flexibility index (Phi) is 2.97. The minimum Gasteiger partial charge on any atom is -0.383 e. The Morgan fingerprint density at radius 2 is 1.95 bits per heavy atom. The van der Waals surface area contributed by atoms with Crippen LogP contribution in [0.25, 0.3) is 0 Å². The van der Waals surface area contributed by atoms with E-state index in [1.54, 1.807) is 0 Å². The summed E-state index contributed by atoms with van der Waals surface area (Å²) in [6, 6.07) is 0. The summed E-state index contributed by atoms with van der Waals surface area (Å²) in [4.78, 5) is 19.7. The van der Waals surface area contributed by atoms with Gasteiger partial charge in [-0.05, 0) is 32.1 Å². The highest BCUT2D eigenvalue weighted by molar-refractivity contribution is 5.96. The molecular formula is C13H15F2N3O2. The van der Waals surface area contributed by atoms with E-state index < -0.39 is 17.4 Å². The molecule has 1 aromatic heterocycles. The Morgan fingerprint density at radius 3 is 2.40 bits per heavy atom. The second-order valence-corrected chi connectivity index (χ2v) is 5.52. The molecule has 0 spiro atoms. The molecule has 1 heterocycles. The lowest BCUT2D eigenvalue weighted by Gasteiger charge is -2.41. The van der Waals surface area contributed by atoms with E-state index >= 15 is 0 Å². The molecule has 2 fully saturated rings. The van der Waals surface area contributed by atoms with Crippen molar-refractivity contribution in [3.05, 3.63) is 18.2 Å². The molecule has 20 heavy (non-hydrogen) atoms. The fourth-order valence-electron chi connectivity index (χ4n) is 2.20. The Labute approximate surface area is 114 Å². The van der Waals surface area contributed by atoms with Gasteiger partial charge in [-0.15, -0.1) is 0 Å². The molecule has 0 saturated heterocycles. The molecule has 7 heteroatoms. The second kappa shape index (κ2) is 4.44. The Morgan fingerprint density at radius 1 is 1.35 bits per heavy atom. The maximum absolute atomic E-state index is 13.8. The standard InChI is InChI=1S/C13H15F2N3O2/c14-13(15,12(20)4-1-5-12)11(19)18-9-6-16-10(17-7-9)8-2-3-8/h6-8,20H,1-5H2,(H,18,19). The molecule has 5 nitrogen and oxygen atoms in total. The van der Waals surface area contributed by atoms with Crippen molar-refractivity contribution in [1.82, 2.24) is 9.97 Å². The Balaban J connectivity index is 1.68. The summed E-state index contributed by atoms with van der Waals surface area (Å²) in [7, 11) is 0. The summed E-state index contributed by atoms with van der Waals surface area (Å²) < 4.78 is 27.7. The zero-order valence-electron chi connectivity index (χ0n) is 10.8. The second-order valence-electron chi connectivity index (χ2n) is 5.52. The summed E-state index contributed by atoms with van der Waals surface area (Å²) >= 11 is 0. The molecule has 0 aromatic carbocycles. The zero-order valence-corrected chi connectivity index (χ0v) is 10.8. The average molecular weight is 283 g/mol. The van der Waals surface area contributed by atoms with Crippen molar-refractivity contribution in [2.24, 2.45) is 0 Å². The van der Waals surface area contributed by atoms with Crippen LogP contribution in [-0.2, 0) is 4.79 Å². The van der Waals surface area contributed by atoms with Gasteiger partial charge in [0, 0.05) is 5.92 Å². The molecular weight excluding hydrogens is 268 g/mol. The van der Waals surface area contributed by atoms with E-state index in [1.807, 2.05) is 0 Å². The number of aromatic nitrogens is 2. The van der Waals surface area contributed by atoms with E-state index in [9.17, 15) is 18.7 Å². The van der Waals surface area contributed by atoms with Crippen LogP contribution in [0, 0.1) is 0 Å². The fourth-order valence-corrected chi connectivity index (χ4v) is 2.20. The predicted octanol–water partition coefficient (Wildman–Crippen LogP) is 1.84. The van der Waals surface area contributed by atoms with Gasteiger partial charge >= 0.3 is 5.92 Å². The summed E-state index contributed by atoms with van der Waals surface area (Å²) in [5.74, 6) is -4.29. The number of rotatable bonds is 4. The highest BCUT2D eigenvalue weighted by Crippen LogP contribution is 2.44. The first-order valence-corrected chi connectivity index (χ1v) is 6.66. The normalized spacial score (nSPS) is 21.1. The van der Waals surface area contributed by atoms with Crippen LogP contribution in [-0.4, -0.2) is 32.5 Å². The summed E-state index contributed by atoms with van der Waals surface area (Å²) in [6.45, 7) is 0. The topological polar surface area (TPSA) is 75.1 Å². The first-order chi connectivity index (χ1) is 9.42. The SMILES string of the molecule is O=C(Nc1cnc(C2CC2)nc1)C(F)(F)C1(O)CCC1. The molecule has 1 amide bonds. The van der Waals surface area contributed by atoms with Crippen molar-refractivity contribution >= 4 is 11.6 Å². The van der Waals surface area contributed by atoms with E-state index in [4.69, 9.17) is 0 Å². The molecule has 2 N–H and O–H groups in total. The number of nitrogens with one attached hydrogen (secondary N) is 1. The van der Waals surface area contributed by atoms with Crippen molar-refractivity contribution in [3.63, 3.8) is 0 Å². The molecule has 1 aromatic rings. The predicted molar refractivity (Wildman–Crippen MR) is 66.4 cm³/mol. The van der Waals surface area contributed by atoms with E-state index in [-0.39, 0.29) is 18.5 Å². The van der Waals surface area contributed by atoms with Gasteiger partial charge in [-0.3, -0.25) is 4.79 Å². The van der Waals surface area contributed by atoms with Crippen LogP contribution in [0.1, 0.15) is 43.8 Å². The van der Waals surface area contributed by atoms with Crippen LogP contribution in [0.3, 0.4) is 0 Å². The average Bonchev–Trinajstić information content (AvgIpc) is 3.21. The highest BCUT2D eigenvalue weighted by atomic mass is 19.3. The van der Waals surface area contributed by atoms with Gasteiger partial charge in [0.05, 0.1) is 18.1 Å². The zero-order chi connectivity index (χ0) is 14.4. The lowest BCUT2D eigenvalue weighted by atomic mass is 9.75. The van der Waals surface area contributed by atoms with Gasteiger partial charge < -0.3 is 10.4 Å². The third kappa shape index (κ3) is 2.15. The van der Waals surface area contributed by atoms with Crippen LogP contribution in [0.4, 0.5) is 14.5 Å². The van der Waals surface area contributed by atoms with Crippen molar-refractivity contribution in [2.75, 3.05) is 5.32 Å². The summed E-state index contributed by atoms with van der Waals surface area (Å²) in [5, 5.41) is 11.7. The van der Waals surface area contributed by atoms with Crippen LogP contribution in [0.2, 0.25) is 0 Å². The molecule has 0 bridgehead atoms. The van der Waals surface area contributed by atoms with Crippen molar-refractivity contribution in [1.29, 1.82) is 0 Å². The van der Waals surface area contributed by atoms with Gasteiger partial charge in [-0.1, -0.05) is 0 Å². The molecule has 108 valence electrons. The van der Waals surface area contributed by atoms with Gasteiger partial charge in [0.15, 0.2) is 0 Å². The molecule has 2 aliphatic rings. The van der Waals surface area contributed by atoms with Crippen LogP contribution in [0.5, 0.6) is 0 Å². The van der Waals surface area contributed by atoms with Crippen LogP contribution < -0.4 is 5.32 Å². The number of carbonyl (C=O) groups is 1. The van der Waals surface area contributed by atoms with Crippen LogP contribution >= 0.6 is 0 Å². The number of aliphatic hydroxyl groups is 1. The monoisotopic (exact) mass is 283 g/mol. The summed E-state index contributed by atoms with van der Waals surface area (Å²) in [5.41, 5.74) is -2.10. The minimum absolute atomic E-state index is 0.0649. The number of carbonyl (C=O) groups excluding carboxylic acids is 1. The number of alkyl halides is 2. The fraction of sp³-hybridized carbons (Fsp3) is 0.615. The van der Waals surface area contributed by atoms with Crippen molar-refractivity contribution < 1.29 is 18.7 Å². The first-order valence-electron chi connectivity index (χ1n) is 6.66. The number of amides is 1. The lowest BCUT2D eigenvalue weighted by molar-refractivity contribution is -0.212. The quantitative estimate of drug-likeness (QED) is 0.884. The van der Waals surface area contributed by atoms with Crippen molar-refractivity contribution in [2.45, 2.75) is 49.5 Å². The minimum atomic E-state index is -3.81. The first kappa shape index (κ1) is 13.4. The number of anilines is 1. The smallest absolute Gasteiger partial charge is 0.352 e. The van der Waals surface area contributed by atoms with Crippen LogP contribution in [0.15, 0.2) is 12.4 Å². The van der Waals surface area contributed by atoms with E-state index in [2.05, 4.69) is 15.3 Å². The maximum Gasteiger partial charge on any atom is 0.352 e. The third-order valence-corrected chi connectivity index (χ3v) is 3.92. The number of hydrogen-bond donors (Lipinski definition) is 2. The highest BCUT2D eigenvalue weighted by Gasteiger charge is 2.61. The van der Waals surface area contributed by atoms with Gasteiger partial charge in [-0.2, -0.15) is 8.78 Å².